The molecule has 2 fully saturated rings. The zero-order valence-corrected chi connectivity index (χ0v) is 8.46. The van der Waals surface area contributed by atoms with Crippen LogP contribution in [-0.2, 0) is 14.3 Å². The molecule has 0 saturated carbocycles. The minimum atomic E-state index is -0.904. The van der Waals surface area contributed by atoms with Crippen LogP contribution in [0.1, 0.15) is 0 Å². The standard InChI is InChI=1S/C10H15NO4/c12-10(13)2-1-3-11-6-8-9(7-11)15-5-4-14-8/h1-2,8-9H,3-7H2,(H,12,13)/b2-1+/t8-,9+. The Hall–Kier alpha value is -0.910. The molecule has 2 saturated heterocycles. The molecular formula is C10H15NO4. The number of aliphatic carboxylic acids is 1. The van der Waals surface area contributed by atoms with Gasteiger partial charge in [0, 0.05) is 25.7 Å². The average Bonchev–Trinajstić information content (AvgIpc) is 2.59. The van der Waals surface area contributed by atoms with Crippen molar-refractivity contribution < 1.29 is 19.4 Å². The predicted molar refractivity (Wildman–Crippen MR) is 52.7 cm³/mol. The summed E-state index contributed by atoms with van der Waals surface area (Å²) in [6.45, 7) is 3.63. The summed E-state index contributed by atoms with van der Waals surface area (Å²) in [5, 5.41) is 8.44. The second kappa shape index (κ2) is 4.74. The number of hydrogen-bond donors (Lipinski definition) is 1. The molecule has 2 aliphatic rings. The Morgan fingerprint density at radius 3 is 2.47 bits per heavy atom. The summed E-state index contributed by atoms with van der Waals surface area (Å²) in [5.74, 6) is -0.904. The van der Waals surface area contributed by atoms with Crippen LogP contribution in [0.2, 0.25) is 0 Å². The van der Waals surface area contributed by atoms with Crippen molar-refractivity contribution in [3.8, 4) is 0 Å². The summed E-state index contributed by atoms with van der Waals surface area (Å²) in [4.78, 5) is 12.4. The predicted octanol–water partition coefficient (Wildman–Crippen LogP) is -0.273. The SMILES string of the molecule is O=C(O)/C=C/CN1C[C@@H]2OCCO[C@@H]2C1. The van der Waals surface area contributed by atoms with Crippen molar-refractivity contribution in [2.45, 2.75) is 12.2 Å². The van der Waals surface area contributed by atoms with Gasteiger partial charge in [-0.15, -0.1) is 0 Å². The number of carboxylic acid groups (broad SMARTS) is 1. The van der Waals surface area contributed by atoms with Gasteiger partial charge in [0.2, 0.25) is 0 Å². The number of rotatable bonds is 3. The second-order valence-electron chi connectivity index (χ2n) is 3.78. The zero-order valence-electron chi connectivity index (χ0n) is 8.46. The number of carboxylic acids is 1. The molecule has 0 aromatic heterocycles. The third-order valence-electron chi connectivity index (χ3n) is 2.66. The first-order valence-electron chi connectivity index (χ1n) is 5.11. The van der Waals surface area contributed by atoms with Crippen molar-refractivity contribution in [3.05, 3.63) is 12.2 Å². The minimum Gasteiger partial charge on any atom is -0.478 e. The molecule has 0 aliphatic carbocycles. The molecule has 0 aromatic carbocycles. The normalized spacial score (nSPS) is 32.0. The molecular weight excluding hydrogens is 198 g/mol. The van der Waals surface area contributed by atoms with Gasteiger partial charge < -0.3 is 14.6 Å². The van der Waals surface area contributed by atoms with Gasteiger partial charge in [0.05, 0.1) is 25.4 Å². The molecule has 0 spiro atoms. The van der Waals surface area contributed by atoms with Crippen molar-refractivity contribution in [1.29, 1.82) is 0 Å². The van der Waals surface area contributed by atoms with Crippen LogP contribution in [0, 0.1) is 0 Å². The third kappa shape index (κ3) is 2.77. The van der Waals surface area contributed by atoms with Crippen molar-refractivity contribution >= 4 is 5.97 Å². The summed E-state index contributed by atoms with van der Waals surface area (Å²) < 4.78 is 11.1. The van der Waals surface area contributed by atoms with E-state index in [1.807, 2.05) is 0 Å². The molecule has 84 valence electrons. The molecule has 2 rings (SSSR count). The number of hydrogen-bond acceptors (Lipinski definition) is 4. The summed E-state index contributed by atoms with van der Waals surface area (Å²) in [6.07, 6.45) is 3.15. The number of likely N-dealkylation sites (tertiary alicyclic amines) is 1. The maximum absolute atomic E-state index is 10.3. The van der Waals surface area contributed by atoms with Crippen molar-refractivity contribution in [2.24, 2.45) is 0 Å². The monoisotopic (exact) mass is 213 g/mol. The highest BCUT2D eigenvalue weighted by molar-refractivity contribution is 5.79. The Bertz CT molecular complexity index is 252. The quantitative estimate of drug-likeness (QED) is 0.654. The van der Waals surface area contributed by atoms with E-state index in [1.165, 1.54) is 6.08 Å². The van der Waals surface area contributed by atoms with Gasteiger partial charge in [-0.1, -0.05) is 6.08 Å². The lowest BCUT2D eigenvalue weighted by Crippen LogP contribution is -2.36. The van der Waals surface area contributed by atoms with Crippen LogP contribution < -0.4 is 0 Å². The topological polar surface area (TPSA) is 59.0 Å². The number of nitrogens with zero attached hydrogens (tertiary/aromatic N) is 1. The van der Waals surface area contributed by atoms with E-state index in [2.05, 4.69) is 4.90 Å². The Labute approximate surface area is 88.3 Å². The fraction of sp³-hybridized carbons (Fsp3) is 0.700. The first kappa shape index (κ1) is 10.6. The van der Waals surface area contributed by atoms with E-state index in [0.717, 1.165) is 13.1 Å². The number of ether oxygens (including phenoxy) is 2. The molecule has 2 heterocycles. The Morgan fingerprint density at radius 1 is 1.33 bits per heavy atom. The average molecular weight is 213 g/mol. The maximum Gasteiger partial charge on any atom is 0.328 e. The first-order chi connectivity index (χ1) is 7.25. The molecule has 0 radical (unpaired) electrons. The van der Waals surface area contributed by atoms with Crippen LogP contribution >= 0.6 is 0 Å². The molecule has 0 aromatic rings. The molecule has 0 unspecified atom stereocenters. The van der Waals surface area contributed by atoms with E-state index in [1.54, 1.807) is 6.08 Å². The fourth-order valence-corrected chi connectivity index (χ4v) is 1.99. The van der Waals surface area contributed by atoms with Gasteiger partial charge in [0.1, 0.15) is 0 Å². The number of fused-ring (bicyclic) bond motifs is 1. The molecule has 2 atom stereocenters. The van der Waals surface area contributed by atoms with Crippen LogP contribution in [0.3, 0.4) is 0 Å². The maximum atomic E-state index is 10.3. The molecule has 15 heavy (non-hydrogen) atoms. The summed E-state index contributed by atoms with van der Waals surface area (Å²) >= 11 is 0. The summed E-state index contributed by atoms with van der Waals surface area (Å²) in [7, 11) is 0. The van der Waals surface area contributed by atoms with Gasteiger partial charge in [0.25, 0.3) is 0 Å². The molecule has 0 amide bonds. The summed E-state index contributed by atoms with van der Waals surface area (Å²) in [6, 6.07) is 0. The summed E-state index contributed by atoms with van der Waals surface area (Å²) in [5.41, 5.74) is 0. The second-order valence-corrected chi connectivity index (χ2v) is 3.78. The van der Waals surface area contributed by atoms with E-state index >= 15 is 0 Å². The van der Waals surface area contributed by atoms with E-state index in [4.69, 9.17) is 14.6 Å². The van der Waals surface area contributed by atoms with Gasteiger partial charge in [-0.05, 0) is 0 Å². The Kier molecular flexibility index (Phi) is 3.35. The minimum absolute atomic E-state index is 0.164. The lowest BCUT2D eigenvalue weighted by atomic mass is 10.2. The van der Waals surface area contributed by atoms with Gasteiger partial charge in [-0.3, -0.25) is 4.90 Å². The lowest BCUT2D eigenvalue weighted by molar-refractivity contribution is -0.131. The highest BCUT2D eigenvalue weighted by atomic mass is 16.6. The van der Waals surface area contributed by atoms with Crippen molar-refractivity contribution in [1.82, 2.24) is 4.90 Å². The van der Waals surface area contributed by atoms with E-state index < -0.39 is 5.97 Å². The van der Waals surface area contributed by atoms with E-state index in [9.17, 15) is 4.79 Å². The largest absolute Gasteiger partial charge is 0.478 e. The van der Waals surface area contributed by atoms with Gasteiger partial charge in [-0.25, -0.2) is 4.79 Å². The van der Waals surface area contributed by atoms with Crippen molar-refractivity contribution in [3.63, 3.8) is 0 Å². The highest BCUT2D eigenvalue weighted by Crippen LogP contribution is 2.19. The molecule has 0 bridgehead atoms. The third-order valence-corrected chi connectivity index (χ3v) is 2.66. The van der Waals surface area contributed by atoms with Crippen LogP contribution in [-0.4, -0.2) is 61.0 Å². The Balaban J connectivity index is 1.79. The molecule has 2 aliphatic heterocycles. The van der Waals surface area contributed by atoms with Crippen LogP contribution in [0.4, 0.5) is 0 Å². The highest BCUT2D eigenvalue weighted by Gasteiger charge is 2.35. The first-order valence-corrected chi connectivity index (χ1v) is 5.11. The number of carbonyl (C=O) groups is 1. The van der Waals surface area contributed by atoms with Gasteiger partial charge in [0.15, 0.2) is 0 Å². The fourth-order valence-electron chi connectivity index (χ4n) is 1.99. The van der Waals surface area contributed by atoms with E-state index in [0.29, 0.717) is 19.8 Å². The van der Waals surface area contributed by atoms with Gasteiger partial charge in [-0.2, -0.15) is 0 Å². The molecule has 1 N–H and O–H groups in total. The smallest absolute Gasteiger partial charge is 0.328 e. The van der Waals surface area contributed by atoms with Crippen LogP contribution in [0.15, 0.2) is 12.2 Å². The molecule has 5 heteroatoms. The zero-order chi connectivity index (χ0) is 10.7. The molecule has 5 nitrogen and oxygen atoms in total. The lowest BCUT2D eigenvalue weighted by Gasteiger charge is -2.24. The van der Waals surface area contributed by atoms with Crippen LogP contribution in [0.5, 0.6) is 0 Å². The van der Waals surface area contributed by atoms with Gasteiger partial charge >= 0.3 is 5.97 Å². The van der Waals surface area contributed by atoms with Crippen LogP contribution in [0.25, 0.3) is 0 Å². The Morgan fingerprint density at radius 2 is 1.93 bits per heavy atom. The van der Waals surface area contributed by atoms with E-state index in [-0.39, 0.29) is 12.2 Å². The van der Waals surface area contributed by atoms with Crippen molar-refractivity contribution in [2.75, 3.05) is 32.8 Å².